The lowest BCUT2D eigenvalue weighted by Crippen LogP contribution is -2.49. The van der Waals surface area contributed by atoms with Crippen molar-refractivity contribution >= 4 is 35.1 Å². The Morgan fingerprint density at radius 1 is 0.868 bits per heavy atom. The molecule has 1 amide bonds. The summed E-state index contributed by atoms with van der Waals surface area (Å²) in [5.41, 5.74) is 2.98. The lowest BCUT2D eigenvalue weighted by Gasteiger charge is -2.36. The Bertz CT molecular complexity index is 1260. The molecule has 0 aromatic heterocycles. The van der Waals surface area contributed by atoms with Crippen LogP contribution in [0.3, 0.4) is 0 Å². The van der Waals surface area contributed by atoms with Crippen LogP contribution in [0.1, 0.15) is 37.9 Å². The standard InChI is InChI=1S/C29H30Cl2N2O5/c1-36-24-5-3-4-22(16-24)27(38-19-20-6-8-21(9-7-20)29(35)37-2)18-32-12-14-33(15-13-32)28(34)23-10-11-25(30)26(31)17-23/h3-11,16-17,27H,12-15,18-19H2,1-2H3/t27-/m1/s1. The summed E-state index contributed by atoms with van der Waals surface area (Å²) in [4.78, 5) is 28.8. The molecule has 1 aliphatic heterocycles. The summed E-state index contributed by atoms with van der Waals surface area (Å²) in [5.74, 6) is 0.332. The molecule has 0 radical (unpaired) electrons. The van der Waals surface area contributed by atoms with Gasteiger partial charge in [-0.3, -0.25) is 9.69 Å². The van der Waals surface area contributed by atoms with E-state index >= 15 is 0 Å². The zero-order chi connectivity index (χ0) is 27.1. The van der Waals surface area contributed by atoms with Crippen molar-refractivity contribution in [1.82, 2.24) is 9.80 Å². The minimum Gasteiger partial charge on any atom is -0.497 e. The maximum atomic E-state index is 13.0. The largest absolute Gasteiger partial charge is 0.497 e. The van der Waals surface area contributed by atoms with Gasteiger partial charge in [0, 0.05) is 38.3 Å². The number of ether oxygens (including phenoxy) is 3. The molecule has 0 unspecified atom stereocenters. The summed E-state index contributed by atoms with van der Waals surface area (Å²) in [5, 5.41) is 0.797. The van der Waals surface area contributed by atoms with E-state index in [4.69, 9.17) is 37.4 Å². The Balaban J connectivity index is 1.40. The fourth-order valence-corrected chi connectivity index (χ4v) is 4.63. The summed E-state index contributed by atoms with van der Waals surface area (Å²) in [7, 11) is 3.00. The molecule has 1 atom stereocenters. The number of hydrogen-bond donors (Lipinski definition) is 0. The maximum Gasteiger partial charge on any atom is 0.337 e. The maximum absolute atomic E-state index is 13.0. The van der Waals surface area contributed by atoms with Gasteiger partial charge in [0.25, 0.3) is 5.91 Å². The predicted octanol–water partition coefficient (Wildman–Crippen LogP) is 5.50. The van der Waals surface area contributed by atoms with E-state index in [0.29, 0.717) is 60.5 Å². The number of methoxy groups -OCH3 is 2. The van der Waals surface area contributed by atoms with Crippen LogP contribution in [0, 0.1) is 0 Å². The number of carbonyl (C=O) groups excluding carboxylic acids is 2. The first kappa shape index (κ1) is 27.9. The van der Waals surface area contributed by atoms with Crippen LogP contribution in [0.2, 0.25) is 10.0 Å². The van der Waals surface area contributed by atoms with Crippen molar-refractivity contribution in [3.05, 3.63) is 99.0 Å². The van der Waals surface area contributed by atoms with Gasteiger partial charge in [0.05, 0.1) is 42.5 Å². The number of esters is 1. The molecule has 9 heteroatoms. The zero-order valence-electron chi connectivity index (χ0n) is 21.4. The van der Waals surface area contributed by atoms with Crippen molar-refractivity contribution in [3.63, 3.8) is 0 Å². The van der Waals surface area contributed by atoms with Crippen molar-refractivity contribution in [2.75, 3.05) is 46.9 Å². The molecule has 7 nitrogen and oxygen atoms in total. The van der Waals surface area contributed by atoms with Crippen molar-refractivity contribution in [2.24, 2.45) is 0 Å². The summed E-state index contributed by atoms with van der Waals surface area (Å²) >= 11 is 12.1. The second-order valence-corrected chi connectivity index (χ2v) is 9.80. The molecule has 3 aromatic rings. The van der Waals surface area contributed by atoms with E-state index in [-0.39, 0.29) is 18.0 Å². The van der Waals surface area contributed by atoms with Gasteiger partial charge in [-0.2, -0.15) is 0 Å². The Labute approximate surface area is 232 Å². The molecule has 0 bridgehead atoms. The first-order valence-electron chi connectivity index (χ1n) is 12.3. The number of hydrogen-bond acceptors (Lipinski definition) is 6. The molecule has 1 heterocycles. The van der Waals surface area contributed by atoms with Gasteiger partial charge in [0.15, 0.2) is 0 Å². The van der Waals surface area contributed by atoms with E-state index in [1.165, 1.54) is 7.11 Å². The summed E-state index contributed by atoms with van der Waals surface area (Å²) in [6.07, 6.45) is -0.220. The van der Waals surface area contributed by atoms with Crippen molar-refractivity contribution < 1.29 is 23.8 Å². The van der Waals surface area contributed by atoms with E-state index < -0.39 is 0 Å². The Kier molecular flexibility index (Phi) is 9.63. The van der Waals surface area contributed by atoms with Crippen LogP contribution in [-0.2, 0) is 16.1 Å². The number of piperazine rings is 1. The quantitative estimate of drug-likeness (QED) is 0.324. The average Bonchev–Trinajstić information content (AvgIpc) is 2.96. The number of halogens is 2. The van der Waals surface area contributed by atoms with Crippen LogP contribution >= 0.6 is 23.2 Å². The first-order chi connectivity index (χ1) is 18.4. The van der Waals surface area contributed by atoms with E-state index in [1.807, 2.05) is 41.3 Å². The zero-order valence-corrected chi connectivity index (χ0v) is 22.9. The number of carbonyl (C=O) groups is 2. The van der Waals surface area contributed by atoms with Crippen molar-refractivity contribution in [2.45, 2.75) is 12.7 Å². The van der Waals surface area contributed by atoms with Crippen molar-refractivity contribution in [3.8, 4) is 5.75 Å². The van der Waals surface area contributed by atoms with Gasteiger partial charge in [0.1, 0.15) is 5.75 Å². The van der Waals surface area contributed by atoms with Gasteiger partial charge >= 0.3 is 5.97 Å². The molecule has 0 N–H and O–H groups in total. The Hall–Kier alpha value is -3.10. The number of amides is 1. The van der Waals surface area contributed by atoms with E-state index in [2.05, 4.69) is 4.90 Å². The topological polar surface area (TPSA) is 68.3 Å². The normalized spacial score (nSPS) is 14.7. The SMILES string of the molecule is COC(=O)c1ccc(CO[C@H](CN2CCN(C(=O)c3ccc(Cl)c(Cl)c3)CC2)c2cccc(OC)c2)cc1. The van der Waals surface area contributed by atoms with E-state index in [9.17, 15) is 9.59 Å². The second-order valence-electron chi connectivity index (χ2n) is 8.99. The highest BCUT2D eigenvalue weighted by molar-refractivity contribution is 6.42. The highest BCUT2D eigenvalue weighted by Crippen LogP contribution is 2.26. The number of benzene rings is 3. The highest BCUT2D eigenvalue weighted by Gasteiger charge is 2.25. The van der Waals surface area contributed by atoms with E-state index in [1.54, 1.807) is 37.4 Å². The summed E-state index contributed by atoms with van der Waals surface area (Å²) < 4.78 is 16.6. The van der Waals surface area contributed by atoms with E-state index in [0.717, 1.165) is 16.9 Å². The van der Waals surface area contributed by atoms with Gasteiger partial charge in [-0.15, -0.1) is 0 Å². The molecular formula is C29H30Cl2N2O5. The third-order valence-electron chi connectivity index (χ3n) is 6.54. The molecule has 38 heavy (non-hydrogen) atoms. The lowest BCUT2D eigenvalue weighted by molar-refractivity contribution is 0.00331. The lowest BCUT2D eigenvalue weighted by atomic mass is 10.1. The molecule has 4 rings (SSSR count). The first-order valence-corrected chi connectivity index (χ1v) is 13.0. The molecule has 1 saturated heterocycles. The second kappa shape index (κ2) is 13.1. The van der Waals surface area contributed by atoms with Gasteiger partial charge in [-0.25, -0.2) is 4.79 Å². The van der Waals surface area contributed by atoms with Gasteiger partial charge < -0.3 is 19.1 Å². The summed E-state index contributed by atoms with van der Waals surface area (Å²) in [6, 6.07) is 20.0. The van der Waals surface area contributed by atoms with Crippen LogP contribution in [0.15, 0.2) is 66.7 Å². The third-order valence-corrected chi connectivity index (χ3v) is 7.28. The molecule has 1 fully saturated rings. The fraction of sp³-hybridized carbons (Fsp3) is 0.310. The summed E-state index contributed by atoms with van der Waals surface area (Å²) in [6.45, 7) is 3.65. The molecule has 0 aliphatic carbocycles. The molecule has 200 valence electrons. The van der Waals surface area contributed by atoms with Gasteiger partial charge in [-0.1, -0.05) is 47.5 Å². The van der Waals surface area contributed by atoms with Crippen LogP contribution < -0.4 is 4.74 Å². The number of rotatable bonds is 9. The highest BCUT2D eigenvalue weighted by atomic mass is 35.5. The molecule has 0 spiro atoms. The smallest absolute Gasteiger partial charge is 0.337 e. The van der Waals surface area contributed by atoms with Gasteiger partial charge in [0.2, 0.25) is 0 Å². The van der Waals surface area contributed by atoms with Crippen LogP contribution in [0.25, 0.3) is 0 Å². The number of nitrogens with zero attached hydrogens (tertiary/aromatic N) is 2. The molecule has 0 saturated carbocycles. The van der Waals surface area contributed by atoms with Crippen LogP contribution in [0.5, 0.6) is 5.75 Å². The predicted molar refractivity (Wildman–Crippen MR) is 147 cm³/mol. The minimum atomic E-state index is -0.372. The molecule has 3 aromatic carbocycles. The Morgan fingerprint density at radius 2 is 1.58 bits per heavy atom. The van der Waals surface area contributed by atoms with Gasteiger partial charge in [-0.05, 0) is 53.6 Å². The van der Waals surface area contributed by atoms with Crippen LogP contribution in [0.4, 0.5) is 0 Å². The minimum absolute atomic E-state index is 0.0563. The fourth-order valence-electron chi connectivity index (χ4n) is 4.33. The molecular weight excluding hydrogens is 527 g/mol. The Morgan fingerprint density at radius 3 is 2.24 bits per heavy atom. The van der Waals surface area contributed by atoms with Crippen molar-refractivity contribution in [1.29, 1.82) is 0 Å². The third kappa shape index (κ3) is 7.05. The molecule has 1 aliphatic rings. The van der Waals surface area contributed by atoms with Crippen LogP contribution in [-0.4, -0.2) is 68.6 Å². The average molecular weight is 557 g/mol. The monoisotopic (exact) mass is 556 g/mol.